The van der Waals surface area contributed by atoms with Gasteiger partial charge in [-0.25, -0.2) is 8.78 Å². The first-order valence-electron chi connectivity index (χ1n) is 6.31. The number of nitrogens with one attached hydrogen (secondary N) is 1. The first-order valence-corrected chi connectivity index (χ1v) is 6.31. The van der Waals surface area contributed by atoms with Crippen LogP contribution < -0.4 is 5.32 Å². The Kier molecular flexibility index (Phi) is 4.45. The minimum absolute atomic E-state index is 0.122. The molecule has 2 nitrogen and oxygen atoms in total. The van der Waals surface area contributed by atoms with Crippen LogP contribution in [0.5, 0.6) is 0 Å². The third-order valence-corrected chi connectivity index (χ3v) is 3.21. The summed E-state index contributed by atoms with van der Waals surface area (Å²) < 4.78 is 26.0. The summed E-state index contributed by atoms with van der Waals surface area (Å²) in [5, 5.41) is 2.57. The Morgan fingerprint density at radius 2 is 1.35 bits per heavy atom. The Morgan fingerprint density at radius 1 is 0.950 bits per heavy atom. The van der Waals surface area contributed by atoms with Crippen molar-refractivity contribution >= 4 is 5.91 Å². The van der Waals surface area contributed by atoms with E-state index in [2.05, 4.69) is 5.32 Å². The van der Waals surface area contributed by atoms with Crippen LogP contribution in [0.2, 0.25) is 0 Å². The molecule has 4 heteroatoms. The van der Waals surface area contributed by atoms with Crippen LogP contribution in [-0.2, 0) is 4.79 Å². The first-order chi connectivity index (χ1) is 9.60. The minimum Gasteiger partial charge on any atom is -0.359 e. The molecular formula is C16H15F2NO. The van der Waals surface area contributed by atoms with Crippen molar-refractivity contribution in [2.24, 2.45) is 0 Å². The van der Waals surface area contributed by atoms with E-state index < -0.39 is 0 Å². The molecule has 0 aromatic heterocycles. The number of halogens is 2. The molecule has 0 atom stereocenters. The van der Waals surface area contributed by atoms with E-state index in [-0.39, 0.29) is 29.9 Å². The van der Waals surface area contributed by atoms with E-state index >= 15 is 0 Å². The second-order valence-electron chi connectivity index (χ2n) is 4.53. The number of carbonyl (C=O) groups excluding carboxylic acids is 1. The number of hydrogen-bond donors (Lipinski definition) is 1. The minimum atomic E-state index is -0.327. The summed E-state index contributed by atoms with van der Waals surface area (Å²) in [7, 11) is 1.56. The smallest absolute Gasteiger partial charge is 0.220 e. The van der Waals surface area contributed by atoms with Gasteiger partial charge in [0.2, 0.25) is 5.91 Å². The van der Waals surface area contributed by atoms with Gasteiger partial charge in [0.25, 0.3) is 0 Å². The molecule has 0 unspecified atom stereocenters. The van der Waals surface area contributed by atoms with Gasteiger partial charge in [0.05, 0.1) is 0 Å². The molecule has 2 aromatic rings. The average Bonchev–Trinajstić information content (AvgIpc) is 2.46. The van der Waals surface area contributed by atoms with Crippen molar-refractivity contribution in [1.82, 2.24) is 5.32 Å². The normalized spacial score (nSPS) is 10.6. The van der Waals surface area contributed by atoms with Crippen molar-refractivity contribution in [3.05, 3.63) is 71.3 Å². The van der Waals surface area contributed by atoms with Crippen molar-refractivity contribution in [3.8, 4) is 0 Å². The number of benzene rings is 2. The number of rotatable bonds is 4. The van der Waals surface area contributed by atoms with Gasteiger partial charge in [-0.15, -0.1) is 0 Å². The van der Waals surface area contributed by atoms with Gasteiger partial charge < -0.3 is 5.32 Å². The van der Waals surface area contributed by atoms with Crippen LogP contribution in [0.15, 0.2) is 48.5 Å². The summed E-state index contributed by atoms with van der Waals surface area (Å²) in [6, 6.07) is 12.0. The first kappa shape index (κ1) is 14.2. The van der Waals surface area contributed by atoms with E-state index in [1.165, 1.54) is 24.3 Å². The predicted molar refractivity (Wildman–Crippen MR) is 73.3 cm³/mol. The molecule has 0 spiro atoms. The average molecular weight is 275 g/mol. The third kappa shape index (κ3) is 3.41. The van der Waals surface area contributed by atoms with Crippen LogP contribution in [0.25, 0.3) is 0 Å². The van der Waals surface area contributed by atoms with Crippen molar-refractivity contribution in [3.63, 3.8) is 0 Å². The molecular weight excluding hydrogens is 260 g/mol. The molecule has 0 saturated carbocycles. The van der Waals surface area contributed by atoms with E-state index in [1.54, 1.807) is 31.3 Å². The molecule has 0 radical (unpaired) electrons. The van der Waals surface area contributed by atoms with Crippen LogP contribution in [-0.4, -0.2) is 13.0 Å². The van der Waals surface area contributed by atoms with Crippen LogP contribution >= 0.6 is 0 Å². The van der Waals surface area contributed by atoms with Gasteiger partial charge >= 0.3 is 0 Å². The van der Waals surface area contributed by atoms with Gasteiger partial charge in [0.1, 0.15) is 11.6 Å². The summed E-state index contributed by atoms with van der Waals surface area (Å²) in [5.74, 6) is -1.00. The van der Waals surface area contributed by atoms with E-state index in [0.29, 0.717) is 0 Å². The fourth-order valence-electron chi connectivity index (χ4n) is 2.11. The Bertz CT molecular complexity index is 533. The number of hydrogen-bond acceptors (Lipinski definition) is 1. The highest BCUT2D eigenvalue weighted by molar-refractivity contribution is 5.77. The van der Waals surface area contributed by atoms with Crippen LogP contribution in [0, 0.1) is 11.6 Å². The van der Waals surface area contributed by atoms with Crippen LogP contribution in [0.4, 0.5) is 8.78 Å². The Balaban J connectivity index is 2.35. The maximum Gasteiger partial charge on any atom is 0.220 e. The molecule has 0 aliphatic heterocycles. The van der Waals surface area contributed by atoms with Crippen molar-refractivity contribution in [2.75, 3.05) is 7.05 Å². The highest BCUT2D eigenvalue weighted by atomic mass is 19.1. The largest absolute Gasteiger partial charge is 0.359 e. The fraction of sp³-hybridized carbons (Fsp3) is 0.188. The second kappa shape index (κ2) is 6.28. The standard InChI is InChI=1S/C16H15F2NO/c1-19-16(20)10-15(11-2-6-13(17)7-3-11)12-4-8-14(18)9-5-12/h2-9,15H,10H2,1H3,(H,19,20). The summed E-state index contributed by atoms with van der Waals surface area (Å²) >= 11 is 0. The molecule has 0 bridgehead atoms. The highest BCUT2D eigenvalue weighted by Gasteiger charge is 2.17. The van der Waals surface area contributed by atoms with Crippen LogP contribution in [0.3, 0.4) is 0 Å². The molecule has 2 rings (SSSR count). The van der Waals surface area contributed by atoms with Gasteiger partial charge in [-0.3, -0.25) is 4.79 Å². The SMILES string of the molecule is CNC(=O)CC(c1ccc(F)cc1)c1ccc(F)cc1. The quantitative estimate of drug-likeness (QED) is 0.912. The van der Waals surface area contributed by atoms with E-state index in [1.807, 2.05) is 0 Å². The topological polar surface area (TPSA) is 29.1 Å². The Morgan fingerprint density at radius 3 is 1.70 bits per heavy atom. The predicted octanol–water partition coefficient (Wildman–Crippen LogP) is 3.23. The summed E-state index contributed by atoms with van der Waals surface area (Å²) in [4.78, 5) is 11.6. The van der Waals surface area contributed by atoms with Crippen molar-refractivity contribution in [2.45, 2.75) is 12.3 Å². The zero-order valence-electron chi connectivity index (χ0n) is 11.1. The summed E-state index contributed by atoms with van der Waals surface area (Å²) in [6.45, 7) is 0. The molecule has 0 aliphatic carbocycles. The van der Waals surface area contributed by atoms with E-state index in [4.69, 9.17) is 0 Å². The lowest BCUT2D eigenvalue weighted by Crippen LogP contribution is -2.21. The molecule has 1 amide bonds. The van der Waals surface area contributed by atoms with E-state index in [0.717, 1.165) is 11.1 Å². The Hall–Kier alpha value is -2.23. The van der Waals surface area contributed by atoms with Gasteiger partial charge in [-0.1, -0.05) is 24.3 Å². The second-order valence-corrected chi connectivity index (χ2v) is 4.53. The molecule has 1 N–H and O–H groups in total. The molecule has 0 aliphatic rings. The maximum atomic E-state index is 13.0. The molecule has 0 fully saturated rings. The van der Waals surface area contributed by atoms with Gasteiger partial charge in [0.15, 0.2) is 0 Å². The lowest BCUT2D eigenvalue weighted by atomic mass is 9.88. The zero-order valence-corrected chi connectivity index (χ0v) is 11.1. The lowest BCUT2D eigenvalue weighted by molar-refractivity contribution is -0.120. The van der Waals surface area contributed by atoms with Gasteiger partial charge in [-0.2, -0.15) is 0 Å². The highest BCUT2D eigenvalue weighted by Crippen LogP contribution is 2.28. The Labute approximate surface area is 116 Å². The molecule has 104 valence electrons. The zero-order chi connectivity index (χ0) is 14.5. The number of carbonyl (C=O) groups is 1. The molecule has 2 aromatic carbocycles. The number of amides is 1. The van der Waals surface area contributed by atoms with Crippen molar-refractivity contribution < 1.29 is 13.6 Å². The third-order valence-electron chi connectivity index (χ3n) is 3.21. The van der Waals surface area contributed by atoms with E-state index in [9.17, 15) is 13.6 Å². The van der Waals surface area contributed by atoms with Crippen molar-refractivity contribution in [1.29, 1.82) is 0 Å². The van der Waals surface area contributed by atoms with Gasteiger partial charge in [-0.05, 0) is 35.4 Å². The molecule has 0 saturated heterocycles. The van der Waals surface area contributed by atoms with Gasteiger partial charge in [0, 0.05) is 19.4 Å². The summed E-state index contributed by atoms with van der Waals surface area (Å²) in [5.41, 5.74) is 1.64. The lowest BCUT2D eigenvalue weighted by Gasteiger charge is -2.17. The maximum absolute atomic E-state index is 13.0. The fourth-order valence-corrected chi connectivity index (χ4v) is 2.11. The monoisotopic (exact) mass is 275 g/mol. The molecule has 20 heavy (non-hydrogen) atoms. The summed E-state index contributed by atoms with van der Waals surface area (Å²) in [6.07, 6.45) is 0.230. The van der Waals surface area contributed by atoms with Crippen LogP contribution in [0.1, 0.15) is 23.5 Å². The molecule has 0 heterocycles.